The lowest BCUT2D eigenvalue weighted by Gasteiger charge is -2.34. The summed E-state index contributed by atoms with van der Waals surface area (Å²) in [7, 11) is 0. The predicted molar refractivity (Wildman–Crippen MR) is 90.3 cm³/mol. The summed E-state index contributed by atoms with van der Waals surface area (Å²) in [5, 5.41) is 0. The molecule has 1 aromatic rings. The Morgan fingerprint density at radius 3 is 2.78 bits per heavy atom. The van der Waals surface area contributed by atoms with Crippen molar-refractivity contribution in [2.75, 3.05) is 0 Å². The van der Waals surface area contributed by atoms with E-state index in [0.717, 1.165) is 12.3 Å². The van der Waals surface area contributed by atoms with E-state index in [-0.39, 0.29) is 12.4 Å². The molecule has 0 spiro atoms. The molecule has 2 unspecified atom stereocenters. The van der Waals surface area contributed by atoms with Crippen LogP contribution in [0.3, 0.4) is 0 Å². The minimum Gasteiger partial charge on any atom is -1.00 e. The second-order valence-corrected chi connectivity index (χ2v) is 7.41. The minimum absolute atomic E-state index is 0. The number of benzene rings is 1. The molecule has 0 N–H and O–H groups in total. The Hall–Kier alpha value is -1.34. The Balaban J connectivity index is 0.00000135. The van der Waals surface area contributed by atoms with Gasteiger partial charge in [-0.3, -0.25) is 0 Å². The fourth-order valence-electron chi connectivity index (χ4n) is 5.21. The Bertz CT molecular complexity index is 725. The van der Waals surface area contributed by atoms with Crippen LogP contribution in [-0.2, 0) is 12.8 Å². The molecule has 1 aromatic carbocycles. The minimum atomic E-state index is 0. The average Bonchev–Trinajstić information content (AvgIpc) is 2.72. The highest BCUT2D eigenvalue weighted by molar-refractivity contribution is 5.55. The zero-order chi connectivity index (χ0) is 14.5. The van der Waals surface area contributed by atoms with E-state index in [9.17, 15) is 0 Å². The van der Waals surface area contributed by atoms with E-state index in [4.69, 9.17) is 0 Å². The number of allylic oxidation sites excluding steroid dienone is 2. The summed E-state index contributed by atoms with van der Waals surface area (Å²) in [6, 6.07) is 9.83. The molecule has 120 valence electrons. The van der Waals surface area contributed by atoms with Crippen molar-refractivity contribution in [3.05, 3.63) is 58.3 Å². The molecule has 0 radical (unpaired) electrons. The molecule has 2 heteroatoms. The van der Waals surface area contributed by atoms with E-state index in [0.29, 0.717) is 6.04 Å². The Morgan fingerprint density at radius 1 is 1.00 bits per heavy atom. The first-order valence-corrected chi connectivity index (χ1v) is 9.02. The summed E-state index contributed by atoms with van der Waals surface area (Å²) in [6.07, 6.45) is 15.5. The van der Waals surface area contributed by atoms with Crippen LogP contribution in [0.25, 0.3) is 0 Å². The maximum absolute atomic E-state index is 2.56. The van der Waals surface area contributed by atoms with Gasteiger partial charge < -0.3 is 12.4 Å². The Morgan fingerprint density at radius 2 is 1.87 bits per heavy atom. The quantitative estimate of drug-likeness (QED) is 0.635. The van der Waals surface area contributed by atoms with Crippen LogP contribution in [0.5, 0.6) is 0 Å². The highest BCUT2D eigenvalue weighted by Gasteiger charge is 2.40. The summed E-state index contributed by atoms with van der Waals surface area (Å²) < 4.78 is 2.56. The van der Waals surface area contributed by atoms with E-state index < -0.39 is 0 Å². The van der Waals surface area contributed by atoms with Crippen molar-refractivity contribution in [1.82, 2.24) is 0 Å². The number of hydrogen-bond acceptors (Lipinski definition) is 0. The van der Waals surface area contributed by atoms with Crippen LogP contribution in [0.15, 0.2) is 47.2 Å². The zero-order valence-electron chi connectivity index (χ0n) is 13.6. The van der Waals surface area contributed by atoms with Crippen molar-refractivity contribution in [3.8, 4) is 0 Å². The predicted octanol–water partition coefficient (Wildman–Crippen LogP) is 1.42. The monoisotopic (exact) mass is 325 g/mol. The molecule has 0 saturated heterocycles. The van der Waals surface area contributed by atoms with E-state index in [1.54, 1.807) is 27.8 Å². The van der Waals surface area contributed by atoms with Crippen molar-refractivity contribution in [1.29, 1.82) is 0 Å². The molecule has 0 aromatic heterocycles. The van der Waals surface area contributed by atoms with Gasteiger partial charge in [-0.05, 0) is 54.7 Å². The third-order valence-corrected chi connectivity index (χ3v) is 6.15. The zero-order valence-corrected chi connectivity index (χ0v) is 14.4. The smallest absolute Gasteiger partial charge is 0.179 e. The molecule has 0 amide bonds. The standard InChI is InChI=1S/C21H24N.ClH/c1-2-7-16-13-18-14-22-11-4-3-10-20(22)19-9-5-8-17(21(18)19)12-15(16)6-1;/h1-2,6-7,11,14,17,20H,3-5,8-10,12-13H2;1H/q+1;/p-1. The fraction of sp³-hybridized carbons (Fsp3) is 0.476. The lowest BCUT2D eigenvalue weighted by atomic mass is 9.73. The summed E-state index contributed by atoms with van der Waals surface area (Å²) in [5.41, 5.74) is 8.36. The number of fused-ring (bicyclic) bond motifs is 3. The third kappa shape index (κ3) is 2.41. The van der Waals surface area contributed by atoms with Crippen LogP contribution < -0.4 is 12.4 Å². The molecule has 2 heterocycles. The van der Waals surface area contributed by atoms with Crippen LogP contribution in [0.2, 0.25) is 0 Å². The summed E-state index contributed by atoms with van der Waals surface area (Å²) in [4.78, 5) is 0. The lowest BCUT2D eigenvalue weighted by molar-refractivity contribution is -0.495. The van der Waals surface area contributed by atoms with Gasteiger partial charge in [0.25, 0.3) is 0 Å². The molecule has 0 saturated carbocycles. The highest BCUT2D eigenvalue weighted by atomic mass is 35.5. The number of halogens is 1. The molecule has 0 bridgehead atoms. The summed E-state index contributed by atoms with van der Waals surface area (Å²) >= 11 is 0. The molecular weight excluding hydrogens is 302 g/mol. The maximum atomic E-state index is 2.56. The van der Waals surface area contributed by atoms with Crippen LogP contribution in [-0.4, -0.2) is 16.8 Å². The van der Waals surface area contributed by atoms with Gasteiger partial charge in [-0.1, -0.05) is 24.3 Å². The van der Waals surface area contributed by atoms with E-state index in [1.165, 1.54) is 44.9 Å². The van der Waals surface area contributed by atoms with Crippen LogP contribution in [0.1, 0.15) is 49.7 Å². The summed E-state index contributed by atoms with van der Waals surface area (Å²) in [5.74, 6) is 0.780. The van der Waals surface area contributed by atoms with Crippen molar-refractivity contribution < 1.29 is 17.0 Å². The molecule has 1 nitrogen and oxygen atoms in total. The van der Waals surface area contributed by atoms with E-state index >= 15 is 0 Å². The van der Waals surface area contributed by atoms with Crippen LogP contribution in [0, 0.1) is 5.92 Å². The van der Waals surface area contributed by atoms with Crippen molar-refractivity contribution in [3.63, 3.8) is 0 Å². The lowest BCUT2D eigenvalue weighted by Crippen LogP contribution is -3.00. The first-order chi connectivity index (χ1) is 10.9. The SMILES string of the molecule is C1=C2Cc3ccccc3CC3CCCC(=C23)C2CCCC=[N+]12.[Cl-]. The summed E-state index contributed by atoms with van der Waals surface area (Å²) in [6.45, 7) is 0. The van der Waals surface area contributed by atoms with E-state index in [1.807, 2.05) is 0 Å². The molecule has 23 heavy (non-hydrogen) atoms. The highest BCUT2D eigenvalue weighted by Crippen LogP contribution is 2.45. The van der Waals surface area contributed by atoms with Gasteiger partial charge in [0.2, 0.25) is 0 Å². The number of rotatable bonds is 0. The molecule has 2 aliphatic heterocycles. The van der Waals surface area contributed by atoms with Crippen molar-refractivity contribution in [2.45, 2.75) is 57.4 Å². The third-order valence-electron chi connectivity index (χ3n) is 6.15. The Labute approximate surface area is 145 Å². The van der Waals surface area contributed by atoms with Crippen LogP contribution in [0.4, 0.5) is 0 Å². The van der Waals surface area contributed by atoms with Gasteiger partial charge in [0.05, 0.1) is 0 Å². The van der Waals surface area contributed by atoms with Gasteiger partial charge in [-0.25, -0.2) is 4.58 Å². The first-order valence-electron chi connectivity index (χ1n) is 9.02. The van der Waals surface area contributed by atoms with Crippen LogP contribution >= 0.6 is 0 Å². The van der Waals surface area contributed by atoms with Gasteiger partial charge in [-0.15, -0.1) is 0 Å². The maximum Gasteiger partial charge on any atom is 0.179 e. The van der Waals surface area contributed by atoms with Gasteiger partial charge in [0.1, 0.15) is 6.21 Å². The molecule has 0 fully saturated rings. The molecule has 2 atom stereocenters. The fourth-order valence-corrected chi connectivity index (χ4v) is 5.21. The van der Waals surface area contributed by atoms with Gasteiger partial charge in [0.15, 0.2) is 12.2 Å². The largest absolute Gasteiger partial charge is 1.00 e. The normalized spacial score (nSPS) is 28.3. The van der Waals surface area contributed by atoms with Crippen molar-refractivity contribution >= 4 is 6.21 Å². The second-order valence-electron chi connectivity index (χ2n) is 7.41. The topological polar surface area (TPSA) is 3.01 Å². The van der Waals surface area contributed by atoms with Crippen molar-refractivity contribution in [2.24, 2.45) is 5.92 Å². The first kappa shape index (κ1) is 15.2. The molecule has 5 rings (SSSR count). The molecule has 2 aliphatic carbocycles. The van der Waals surface area contributed by atoms with Gasteiger partial charge >= 0.3 is 0 Å². The van der Waals surface area contributed by atoms with E-state index in [2.05, 4.69) is 41.3 Å². The Kier molecular flexibility index (Phi) is 3.93. The van der Waals surface area contributed by atoms with Gasteiger partial charge in [-0.2, -0.15) is 0 Å². The van der Waals surface area contributed by atoms with Gasteiger partial charge in [0, 0.05) is 30.4 Å². The number of hydrogen-bond donors (Lipinski definition) is 0. The molecule has 4 aliphatic rings. The number of nitrogens with zero attached hydrogens (tertiary/aromatic N) is 1. The second kappa shape index (κ2) is 5.94. The molecular formula is C21H24ClN. The average molecular weight is 326 g/mol.